The van der Waals surface area contributed by atoms with Gasteiger partial charge in [0.25, 0.3) is 0 Å². The van der Waals surface area contributed by atoms with Crippen LogP contribution < -0.4 is 29.6 Å². The zero-order chi connectivity index (χ0) is 10.3. The predicted molar refractivity (Wildman–Crippen MR) is 51.4 cm³/mol. The number of imidazole rings is 1. The van der Waals surface area contributed by atoms with Crippen molar-refractivity contribution in [1.82, 2.24) is 9.97 Å². The van der Waals surface area contributed by atoms with E-state index in [0.29, 0.717) is 5.52 Å². The van der Waals surface area contributed by atoms with Crippen molar-refractivity contribution in [3.63, 3.8) is 0 Å². The van der Waals surface area contributed by atoms with Crippen molar-refractivity contribution in [2.45, 2.75) is 4.90 Å². The monoisotopic (exact) mass is 252 g/mol. The molecule has 74 valence electrons. The van der Waals surface area contributed by atoms with Gasteiger partial charge < -0.3 is 14.5 Å². The maximum atomic E-state index is 10.8. The molecular weight excluding hydrogens is 247 g/mol. The summed E-state index contributed by atoms with van der Waals surface area (Å²) < 4.78 is 32.8. The molecule has 2 aromatic rings. The molecular formula is C7H5N2NaO3S2. The normalized spacial score (nSPS) is 11.3. The first kappa shape index (κ1) is 12.9. The maximum Gasteiger partial charge on any atom is 1.00 e. The largest absolute Gasteiger partial charge is 1.00 e. The van der Waals surface area contributed by atoms with E-state index in [9.17, 15) is 13.0 Å². The number of nitrogens with one attached hydrogen (secondary N) is 2. The summed E-state index contributed by atoms with van der Waals surface area (Å²) in [5.74, 6) is 0. The molecule has 1 aromatic carbocycles. The average molecular weight is 252 g/mol. The van der Waals surface area contributed by atoms with Crippen molar-refractivity contribution in [2.24, 2.45) is 0 Å². The van der Waals surface area contributed by atoms with Crippen LogP contribution in [0.4, 0.5) is 0 Å². The first-order valence-corrected chi connectivity index (χ1v) is 5.47. The second-order valence-corrected chi connectivity index (χ2v) is 4.47. The van der Waals surface area contributed by atoms with Crippen molar-refractivity contribution < 1.29 is 42.5 Å². The Hall–Kier alpha value is -0.180. The molecule has 0 saturated carbocycles. The van der Waals surface area contributed by atoms with Crippen molar-refractivity contribution >= 4 is 33.4 Å². The van der Waals surface area contributed by atoms with Gasteiger partial charge in [0.2, 0.25) is 0 Å². The quantitative estimate of drug-likeness (QED) is 0.354. The zero-order valence-electron chi connectivity index (χ0n) is 7.77. The Morgan fingerprint density at radius 2 is 1.93 bits per heavy atom. The van der Waals surface area contributed by atoms with Gasteiger partial charge in [0.05, 0.1) is 15.9 Å². The summed E-state index contributed by atoms with van der Waals surface area (Å²) >= 11 is 4.79. The molecule has 0 radical (unpaired) electrons. The van der Waals surface area contributed by atoms with E-state index in [1.807, 2.05) is 0 Å². The number of para-hydroxylation sites is 1. The molecule has 0 atom stereocenters. The van der Waals surface area contributed by atoms with Gasteiger partial charge in [0, 0.05) is 0 Å². The summed E-state index contributed by atoms with van der Waals surface area (Å²) in [6.45, 7) is 0. The molecule has 0 spiro atoms. The fourth-order valence-corrected chi connectivity index (χ4v) is 2.11. The molecule has 2 N–H and O–H groups in total. The number of aromatic nitrogens is 2. The minimum atomic E-state index is -4.46. The maximum absolute atomic E-state index is 10.8. The third-order valence-electron chi connectivity index (χ3n) is 1.78. The van der Waals surface area contributed by atoms with Crippen molar-refractivity contribution in [3.05, 3.63) is 23.0 Å². The fraction of sp³-hybridized carbons (Fsp3) is 0. The molecule has 0 bridgehead atoms. The van der Waals surface area contributed by atoms with Gasteiger partial charge in [-0.15, -0.1) is 0 Å². The number of rotatable bonds is 1. The standard InChI is InChI=1S/C7H6N2O3S2.Na/c10-14(11,12)5-3-1-2-4-6(5)9-7(13)8-4;/h1-3H,(H2,8,9,13)(H,10,11,12);/q;+1/p-1. The molecule has 0 unspecified atom stereocenters. The Morgan fingerprint density at radius 1 is 1.27 bits per heavy atom. The van der Waals surface area contributed by atoms with E-state index in [1.165, 1.54) is 12.1 Å². The minimum absolute atomic E-state index is 0. The number of H-pyrrole nitrogens is 2. The van der Waals surface area contributed by atoms with Crippen molar-refractivity contribution in [1.29, 1.82) is 0 Å². The number of aromatic amines is 2. The Balaban J connectivity index is 0.00000112. The molecule has 5 nitrogen and oxygen atoms in total. The summed E-state index contributed by atoms with van der Waals surface area (Å²) in [6.07, 6.45) is 0. The Bertz CT molecular complexity index is 644. The van der Waals surface area contributed by atoms with Crippen LogP contribution in [0.2, 0.25) is 0 Å². The number of benzene rings is 1. The second-order valence-electron chi connectivity index (χ2n) is 2.71. The van der Waals surface area contributed by atoms with E-state index in [-0.39, 0.29) is 44.7 Å². The summed E-state index contributed by atoms with van der Waals surface area (Å²) in [5.41, 5.74) is 0.736. The number of hydrogen-bond acceptors (Lipinski definition) is 4. The summed E-state index contributed by atoms with van der Waals surface area (Å²) in [5, 5.41) is 0. The Morgan fingerprint density at radius 3 is 2.53 bits per heavy atom. The van der Waals surface area contributed by atoms with Crippen LogP contribution in [-0.4, -0.2) is 22.9 Å². The smallest absolute Gasteiger partial charge is 0.744 e. The van der Waals surface area contributed by atoms with Gasteiger partial charge in [-0.2, -0.15) is 0 Å². The van der Waals surface area contributed by atoms with Crippen LogP contribution in [-0.2, 0) is 10.1 Å². The molecule has 15 heavy (non-hydrogen) atoms. The first-order chi connectivity index (χ1) is 6.48. The van der Waals surface area contributed by atoms with Gasteiger partial charge in [-0.05, 0) is 24.4 Å². The molecule has 0 aliphatic carbocycles. The van der Waals surface area contributed by atoms with Crippen LogP contribution in [0.1, 0.15) is 0 Å². The van der Waals surface area contributed by atoms with Crippen molar-refractivity contribution in [3.8, 4) is 0 Å². The fourth-order valence-electron chi connectivity index (χ4n) is 1.24. The van der Waals surface area contributed by atoms with Crippen LogP contribution in [0.3, 0.4) is 0 Å². The first-order valence-electron chi connectivity index (χ1n) is 3.65. The summed E-state index contributed by atoms with van der Waals surface area (Å²) in [7, 11) is -4.46. The van der Waals surface area contributed by atoms with Gasteiger partial charge in [-0.25, -0.2) is 8.42 Å². The average Bonchev–Trinajstić information content (AvgIpc) is 2.41. The number of hydrogen-bond donors (Lipinski definition) is 2. The topological polar surface area (TPSA) is 88.8 Å². The minimum Gasteiger partial charge on any atom is -0.744 e. The van der Waals surface area contributed by atoms with Gasteiger partial charge >= 0.3 is 29.6 Å². The molecule has 0 amide bonds. The van der Waals surface area contributed by atoms with Gasteiger partial charge in [-0.1, -0.05) is 6.07 Å². The molecule has 1 aromatic heterocycles. The van der Waals surface area contributed by atoms with Crippen LogP contribution >= 0.6 is 12.2 Å². The molecule has 2 rings (SSSR count). The Kier molecular flexibility index (Phi) is 3.75. The molecule has 1 heterocycles. The third kappa shape index (κ3) is 2.49. The summed E-state index contributed by atoms with van der Waals surface area (Å²) in [6, 6.07) is 4.35. The van der Waals surface area contributed by atoms with E-state index in [1.54, 1.807) is 6.07 Å². The third-order valence-corrected chi connectivity index (χ3v) is 2.87. The van der Waals surface area contributed by atoms with E-state index in [2.05, 4.69) is 9.97 Å². The molecule has 8 heteroatoms. The van der Waals surface area contributed by atoms with E-state index < -0.39 is 10.1 Å². The van der Waals surface area contributed by atoms with Crippen LogP contribution in [0.25, 0.3) is 11.0 Å². The van der Waals surface area contributed by atoms with E-state index in [0.717, 1.165) is 0 Å². The summed E-state index contributed by atoms with van der Waals surface area (Å²) in [4.78, 5) is 5.05. The molecule has 0 saturated heterocycles. The molecule has 0 fully saturated rings. The SMILES string of the molecule is O=S(=O)([O-])c1cccc2[nH]c(=S)[nH]c12.[Na+]. The van der Waals surface area contributed by atoms with Crippen LogP contribution in [0.5, 0.6) is 0 Å². The predicted octanol–water partition coefficient (Wildman–Crippen LogP) is -1.87. The second kappa shape index (κ2) is 4.36. The Labute approximate surface area is 113 Å². The van der Waals surface area contributed by atoms with Crippen LogP contribution in [0.15, 0.2) is 23.1 Å². The van der Waals surface area contributed by atoms with Crippen molar-refractivity contribution in [2.75, 3.05) is 0 Å². The molecule has 0 aliphatic heterocycles. The van der Waals surface area contributed by atoms with E-state index in [4.69, 9.17) is 12.2 Å². The van der Waals surface area contributed by atoms with Gasteiger partial charge in [0.1, 0.15) is 10.1 Å². The molecule has 0 aliphatic rings. The van der Waals surface area contributed by atoms with Gasteiger partial charge in [-0.3, -0.25) is 0 Å². The number of fused-ring (bicyclic) bond motifs is 1. The zero-order valence-corrected chi connectivity index (χ0v) is 11.4. The van der Waals surface area contributed by atoms with Gasteiger partial charge in [0.15, 0.2) is 4.77 Å². The van der Waals surface area contributed by atoms with E-state index >= 15 is 0 Å². The van der Waals surface area contributed by atoms with Crippen LogP contribution in [0, 0.1) is 4.77 Å².